The van der Waals surface area contributed by atoms with Crippen LogP contribution in [0.3, 0.4) is 0 Å². The first-order valence-corrected chi connectivity index (χ1v) is 6.12. The lowest BCUT2D eigenvalue weighted by Crippen LogP contribution is -2.47. The molecule has 0 spiro atoms. The molecule has 1 heterocycles. The smallest absolute Gasteiger partial charge is 0.378 e. The van der Waals surface area contributed by atoms with Crippen LogP contribution in [0.2, 0.25) is 0 Å². The summed E-state index contributed by atoms with van der Waals surface area (Å²) in [5, 5.41) is 28.7. The first kappa shape index (κ1) is 14.8. The molecule has 0 aromatic carbocycles. The Morgan fingerprint density at radius 1 is 1.44 bits per heavy atom. The van der Waals surface area contributed by atoms with E-state index >= 15 is 0 Å². The van der Waals surface area contributed by atoms with Gasteiger partial charge < -0.3 is 24.8 Å². The van der Waals surface area contributed by atoms with Gasteiger partial charge in [-0.15, -0.1) is 0 Å². The molecule has 0 radical (unpaired) electrons. The standard InChI is InChI=1S/C12H20O6/c1-3-5-6-12(8(14)7-13)10(17-4-2)9(15)11(16)18-12/h8,13-15H,3-7H2,1-2H3/t8-,12+/m0/s1. The van der Waals surface area contributed by atoms with Crippen molar-refractivity contribution in [3.8, 4) is 0 Å². The van der Waals surface area contributed by atoms with Gasteiger partial charge in [-0.25, -0.2) is 4.79 Å². The van der Waals surface area contributed by atoms with Gasteiger partial charge in [-0.2, -0.15) is 0 Å². The molecule has 0 bridgehead atoms. The van der Waals surface area contributed by atoms with Crippen LogP contribution in [0.5, 0.6) is 0 Å². The second-order valence-corrected chi connectivity index (χ2v) is 4.19. The predicted molar refractivity (Wildman–Crippen MR) is 62.7 cm³/mol. The molecule has 3 N–H and O–H groups in total. The van der Waals surface area contributed by atoms with Crippen LogP contribution in [0.25, 0.3) is 0 Å². The number of hydrogen-bond donors (Lipinski definition) is 3. The minimum Gasteiger partial charge on any atom is -0.499 e. The number of carbonyl (C=O) groups is 1. The molecular formula is C12H20O6. The molecule has 0 fully saturated rings. The quantitative estimate of drug-likeness (QED) is 0.581. The summed E-state index contributed by atoms with van der Waals surface area (Å²) in [4.78, 5) is 11.5. The summed E-state index contributed by atoms with van der Waals surface area (Å²) in [6, 6.07) is 0. The van der Waals surface area contributed by atoms with Crippen LogP contribution in [0.1, 0.15) is 33.1 Å². The van der Waals surface area contributed by atoms with Gasteiger partial charge in [-0.05, 0) is 19.8 Å². The summed E-state index contributed by atoms with van der Waals surface area (Å²) in [6.07, 6.45) is 0.446. The minimum absolute atomic E-state index is 0.0787. The summed E-state index contributed by atoms with van der Waals surface area (Å²) < 4.78 is 10.3. The molecule has 1 aliphatic heterocycles. The highest BCUT2D eigenvalue weighted by atomic mass is 16.6. The van der Waals surface area contributed by atoms with Crippen molar-refractivity contribution < 1.29 is 29.6 Å². The van der Waals surface area contributed by atoms with Gasteiger partial charge in [-0.1, -0.05) is 13.3 Å². The van der Waals surface area contributed by atoms with Crippen molar-refractivity contribution in [3.05, 3.63) is 11.5 Å². The number of unbranched alkanes of at least 4 members (excludes halogenated alkanes) is 1. The van der Waals surface area contributed by atoms with Crippen LogP contribution >= 0.6 is 0 Å². The normalized spacial score (nSPS) is 25.2. The molecule has 104 valence electrons. The molecule has 0 unspecified atom stereocenters. The third kappa shape index (κ3) is 2.44. The Labute approximate surface area is 106 Å². The highest BCUT2D eigenvalue weighted by molar-refractivity contribution is 5.90. The molecule has 18 heavy (non-hydrogen) atoms. The summed E-state index contributed by atoms with van der Waals surface area (Å²) in [5.41, 5.74) is -1.47. The van der Waals surface area contributed by atoms with Gasteiger partial charge >= 0.3 is 5.97 Å². The van der Waals surface area contributed by atoms with Crippen LogP contribution in [0, 0.1) is 0 Å². The number of rotatable bonds is 7. The summed E-state index contributed by atoms with van der Waals surface area (Å²) >= 11 is 0. The maximum absolute atomic E-state index is 11.5. The zero-order valence-corrected chi connectivity index (χ0v) is 10.7. The van der Waals surface area contributed by atoms with Gasteiger partial charge in [0.1, 0.15) is 6.10 Å². The second kappa shape index (κ2) is 6.06. The second-order valence-electron chi connectivity index (χ2n) is 4.19. The van der Waals surface area contributed by atoms with E-state index < -0.39 is 30.0 Å². The Balaban J connectivity index is 3.12. The van der Waals surface area contributed by atoms with Crippen molar-refractivity contribution in [2.75, 3.05) is 13.2 Å². The van der Waals surface area contributed by atoms with Crippen molar-refractivity contribution in [1.82, 2.24) is 0 Å². The van der Waals surface area contributed by atoms with Gasteiger partial charge in [0.05, 0.1) is 13.2 Å². The maximum Gasteiger partial charge on any atom is 0.378 e. The summed E-state index contributed by atoms with van der Waals surface area (Å²) in [5.74, 6) is -1.63. The van der Waals surface area contributed by atoms with E-state index in [4.69, 9.17) is 14.6 Å². The molecule has 0 aliphatic carbocycles. The van der Waals surface area contributed by atoms with E-state index in [0.717, 1.165) is 6.42 Å². The van der Waals surface area contributed by atoms with E-state index in [-0.39, 0.29) is 18.8 Å². The van der Waals surface area contributed by atoms with E-state index in [1.807, 2.05) is 6.92 Å². The van der Waals surface area contributed by atoms with E-state index in [0.29, 0.717) is 6.42 Å². The fourth-order valence-electron chi connectivity index (χ4n) is 2.03. The van der Waals surface area contributed by atoms with Gasteiger partial charge in [0.25, 0.3) is 0 Å². The average molecular weight is 260 g/mol. The maximum atomic E-state index is 11.5. The lowest BCUT2D eigenvalue weighted by Gasteiger charge is -2.33. The average Bonchev–Trinajstić information content (AvgIpc) is 2.61. The molecule has 0 aromatic rings. The Morgan fingerprint density at radius 2 is 2.11 bits per heavy atom. The minimum atomic E-state index is -1.47. The number of carbonyl (C=O) groups excluding carboxylic acids is 1. The Kier molecular flexibility index (Phi) is 4.98. The van der Waals surface area contributed by atoms with Gasteiger partial charge in [0, 0.05) is 0 Å². The van der Waals surface area contributed by atoms with Gasteiger partial charge in [-0.3, -0.25) is 0 Å². The zero-order chi connectivity index (χ0) is 13.8. The number of aliphatic hydroxyl groups excluding tert-OH is 3. The highest BCUT2D eigenvalue weighted by Crippen LogP contribution is 2.39. The Morgan fingerprint density at radius 3 is 2.61 bits per heavy atom. The van der Waals surface area contributed by atoms with Crippen molar-refractivity contribution in [1.29, 1.82) is 0 Å². The first-order chi connectivity index (χ1) is 8.53. The van der Waals surface area contributed by atoms with E-state index in [1.165, 1.54) is 0 Å². The van der Waals surface area contributed by atoms with Crippen LogP contribution in [-0.2, 0) is 14.3 Å². The zero-order valence-electron chi connectivity index (χ0n) is 10.7. The van der Waals surface area contributed by atoms with E-state index in [1.54, 1.807) is 6.92 Å². The molecule has 1 rings (SSSR count). The van der Waals surface area contributed by atoms with E-state index in [2.05, 4.69) is 0 Å². The number of cyclic esters (lactones) is 1. The van der Waals surface area contributed by atoms with Gasteiger partial charge in [0.2, 0.25) is 11.4 Å². The fourth-order valence-corrected chi connectivity index (χ4v) is 2.03. The molecule has 1 aliphatic rings. The lowest BCUT2D eigenvalue weighted by atomic mass is 9.89. The summed E-state index contributed by atoms with van der Waals surface area (Å²) in [6.45, 7) is 3.28. The molecule has 0 saturated carbocycles. The molecule has 2 atom stereocenters. The number of hydrogen-bond acceptors (Lipinski definition) is 6. The van der Waals surface area contributed by atoms with Crippen LogP contribution in [0.15, 0.2) is 11.5 Å². The largest absolute Gasteiger partial charge is 0.499 e. The van der Waals surface area contributed by atoms with Gasteiger partial charge in [0.15, 0.2) is 5.76 Å². The molecule has 6 nitrogen and oxygen atoms in total. The molecule has 6 heteroatoms. The third-order valence-electron chi connectivity index (χ3n) is 2.97. The Hall–Kier alpha value is -1.27. The lowest BCUT2D eigenvalue weighted by molar-refractivity contribution is -0.166. The Bertz CT molecular complexity index is 337. The highest BCUT2D eigenvalue weighted by Gasteiger charge is 2.54. The molecule has 0 amide bonds. The number of aliphatic hydroxyl groups is 3. The van der Waals surface area contributed by atoms with Crippen molar-refractivity contribution in [2.24, 2.45) is 0 Å². The molecule has 0 saturated heterocycles. The van der Waals surface area contributed by atoms with Crippen LogP contribution in [-0.4, -0.2) is 46.2 Å². The first-order valence-electron chi connectivity index (χ1n) is 6.12. The number of ether oxygens (including phenoxy) is 2. The topological polar surface area (TPSA) is 96.2 Å². The molecular weight excluding hydrogens is 240 g/mol. The summed E-state index contributed by atoms with van der Waals surface area (Å²) in [7, 11) is 0. The SMILES string of the molecule is CCCC[C@]1([C@@H](O)CO)OC(=O)C(O)=C1OCC. The third-order valence-corrected chi connectivity index (χ3v) is 2.97. The van der Waals surface area contributed by atoms with Crippen molar-refractivity contribution >= 4 is 5.97 Å². The van der Waals surface area contributed by atoms with Crippen LogP contribution in [0.4, 0.5) is 0 Å². The number of esters is 1. The van der Waals surface area contributed by atoms with Crippen molar-refractivity contribution in [3.63, 3.8) is 0 Å². The van der Waals surface area contributed by atoms with E-state index in [9.17, 15) is 15.0 Å². The molecule has 0 aromatic heterocycles. The fraction of sp³-hybridized carbons (Fsp3) is 0.750. The van der Waals surface area contributed by atoms with Crippen LogP contribution < -0.4 is 0 Å². The monoisotopic (exact) mass is 260 g/mol. The predicted octanol–water partition coefficient (Wildman–Crippen LogP) is 0.631. The van der Waals surface area contributed by atoms with Crippen molar-refractivity contribution in [2.45, 2.75) is 44.8 Å².